The Hall–Kier alpha value is -2.90. The third kappa shape index (κ3) is 3.31. The number of rotatable bonds is 5. The number of hydrogen-bond acceptors (Lipinski definition) is 5. The number of carbonyl (C=O) groups is 2. The minimum absolute atomic E-state index is 0.0157. The van der Waals surface area contributed by atoms with E-state index in [9.17, 15) is 9.59 Å². The van der Waals surface area contributed by atoms with Gasteiger partial charge in [0.25, 0.3) is 5.91 Å². The number of aromatic nitrogens is 3. The molecule has 0 fully saturated rings. The van der Waals surface area contributed by atoms with Crippen LogP contribution in [0.1, 0.15) is 16.1 Å². The predicted molar refractivity (Wildman–Crippen MR) is 67.1 cm³/mol. The van der Waals surface area contributed by atoms with E-state index in [0.29, 0.717) is 5.56 Å². The first kappa shape index (κ1) is 13.5. The number of phenolic OH excluding ortho intramolecular Hbond substituents is 1. The number of carbonyl (C=O) groups excluding carboxylic acids is 1. The minimum atomic E-state index is -1.16. The van der Waals surface area contributed by atoms with E-state index in [-0.39, 0.29) is 17.9 Å². The van der Waals surface area contributed by atoms with Crippen LogP contribution in [0.2, 0.25) is 0 Å². The molecule has 2 aromatic rings. The van der Waals surface area contributed by atoms with Crippen molar-refractivity contribution in [2.24, 2.45) is 0 Å². The van der Waals surface area contributed by atoms with Gasteiger partial charge in [0.2, 0.25) is 0 Å². The summed E-state index contributed by atoms with van der Waals surface area (Å²) in [6, 6.07) is 4.99. The van der Waals surface area contributed by atoms with Gasteiger partial charge >= 0.3 is 5.97 Å². The van der Waals surface area contributed by atoms with Crippen LogP contribution in [0.5, 0.6) is 5.75 Å². The number of phenols is 1. The zero-order valence-electron chi connectivity index (χ0n) is 10.3. The van der Waals surface area contributed by atoms with E-state index in [1.165, 1.54) is 18.3 Å². The van der Waals surface area contributed by atoms with Gasteiger partial charge in [-0.25, -0.2) is 4.79 Å². The molecule has 1 aromatic carbocycles. The Kier molecular flexibility index (Phi) is 3.94. The molecule has 0 radical (unpaired) electrons. The standard InChI is InChI=1S/C12H12N4O4/c17-8-3-1-7(2-4-8)5-9(12(19)20)14-11(18)10-6-13-16-15-10/h1-4,6,9,17H,5H2,(H,14,18)(H,19,20)(H,13,15,16)/t9-/m0/s1. The molecular weight excluding hydrogens is 264 g/mol. The molecule has 4 N–H and O–H groups in total. The second-order valence-electron chi connectivity index (χ2n) is 4.09. The number of nitrogens with one attached hydrogen (secondary N) is 2. The van der Waals surface area contributed by atoms with E-state index in [2.05, 4.69) is 20.7 Å². The van der Waals surface area contributed by atoms with Crippen LogP contribution in [-0.4, -0.2) is 43.5 Å². The van der Waals surface area contributed by atoms with Crippen molar-refractivity contribution in [3.63, 3.8) is 0 Å². The van der Waals surface area contributed by atoms with Gasteiger partial charge in [-0.2, -0.15) is 15.4 Å². The van der Waals surface area contributed by atoms with Crippen LogP contribution >= 0.6 is 0 Å². The number of benzene rings is 1. The molecule has 0 aliphatic rings. The number of amides is 1. The molecule has 2 rings (SSSR count). The average Bonchev–Trinajstić information content (AvgIpc) is 2.94. The van der Waals surface area contributed by atoms with Crippen LogP contribution in [-0.2, 0) is 11.2 Å². The Morgan fingerprint density at radius 1 is 1.30 bits per heavy atom. The van der Waals surface area contributed by atoms with E-state index < -0.39 is 17.9 Å². The summed E-state index contributed by atoms with van der Waals surface area (Å²) in [7, 11) is 0. The Morgan fingerprint density at radius 3 is 2.55 bits per heavy atom. The molecular formula is C12H12N4O4. The number of carboxylic acids is 1. The molecule has 0 spiro atoms. The van der Waals surface area contributed by atoms with Crippen molar-refractivity contribution in [3.05, 3.63) is 41.7 Å². The van der Waals surface area contributed by atoms with Gasteiger partial charge in [0, 0.05) is 6.42 Å². The number of hydrogen-bond donors (Lipinski definition) is 4. The summed E-state index contributed by atoms with van der Waals surface area (Å²) in [5, 5.41) is 30.0. The van der Waals surface area contributed by atoms with E-state index in [1.54, 1.807) is 12.1 Å². The van der Waals surface area contributed by atoms with Crippen LogP contribution in [0.4, 0.5) is 0 Å². The first-order chi connectivity index (χ1) is 9.56. The smallest absolute Gasteiger partial charge is 0.326 e. The fourth-order valence-corrected chi connectivity index (χ4v) is 1.61. The molecule has 0 aliphatic carbocycles. The third-order valence-corrected chi connectivity index (χ3v) is 2.63. The molecule has 104 valence electrons. The van der Waals surface area contributed by atoms with Crippen molar-refractivity contribution in [2.45, 2.75) is 12.5 Å². The lowest BCUT2D eigenvalue weighted by molar-refractivity contribution is -0.139. The fourth-order valence-electron chi connectivity index (χ4n) is 1.61. The number of aromatic amines is 1. The number of nitrogens with zero attached hydrogens (tertiary/aromatic N) is 2. The maximum atomic E-state index is 11.7. The molecule has 1 heterocycles. The summed E-state index contributed by atoms with van der Waals surface area (Å²) >= 11 is 0. The summed E-state index contributed by atoms with van der Waals surface area (Å²) in [5.41, 5.74) is 0.692. The Morgan fingerprint density at radius 2 is 2.00 bits per heavy atom. The van der Waals surface area contributed by atoms with Crippen molar-refractivity contribution in [1.82, 2.24) is 20.7 Å². The molecule has 0 saturated heterocycles. The van der Waals surface area contributed by atoms with Gasteiger partial charge in [0.15, 0.2) is 5.69 Å². The lowest BCUT2D eigenvalue weighted by Gasteiger charge is -2.13. The van der Waals surface area contributed by atoms with Crippen molar-refractivity contribution in [2.75, 3.05) is 0 Å². The van der Waals surface area contributed by atoms with Crippen molar-refractivity contribution >= 4 is 11.9 Å². The maximum Gasteiger partial charge on any atom is 0.326 e. The molecule has 0 unspecified atom stereocenters. The second-order valence-corrected chi connectivity index (χ2v) is 4.09. The average molecular weight is 276 g/mol. The quantitative estimate of drug-likeness (QED) is 0.605. The topological polar surface area (TPSA) is 128 Å². The summed E-state index contributed by atoms with van der Waals surface area (Å²) in [6.07, 6.45) is 1.30. The number of carboxylic acid groups (broad SMARTS) is 1. The van der Waals surface area contributed by atoms with Crippen molar-refractivity contribution in [3.8, 4) is 5.75 Å². The van der Waals surface area contributed by atoms with Gasteiger partial charge in [-0.05, 0) is 17.7 Å². The number of H-pyrrole nitrogens is 1. The van der Waals surface area contributed by atoms with Crippen LogP contribution in [0.25, 0.3) is 0 Å². The Labute approximate surface area is 113 Å². The monoisotopic (exact) mass is 276 g/mol. The lowest BCUT2D eigenvalue weighted by atomic mass is 10.1. The summed E-state index contributed by atoms with van der Waals surface area (Å²) in [4.78, 5) is 22.9. The molecule has 0 aliphatic heterocycles. The Bertz CT molecular complexity index is 594. The number of aromatic hydroxyl groups is 1. The molecule has 8 heteroatoms. The van der Waals surface area contributed by atoms with Gasteiger partial charge in [-0.3, -0.25) is 4.79 Å². The zero-order valence-corrected chi connectivity index (χ0v) is 10.3. The van der Waals surface area contributed by atoms with Gasteiger partial charge in [-0.15, -0.1) is 0 Å². The minimum Gasteiger partial charge on any atom is -0.508 e. The first-order valence-corrected chi connectivity index (χ1v) is 5.73. The van der Waals surface area contributed by atoms with Crippen molar-refractivity contribution in [1.29, 1.82) is 0 Å². The molecule has 20 heavy (non-hydrogen) atoms. The van der Waals surface area contributed by atoms with Crippen LogP contribution in [0, 0.1) is 0 Å². The first-order valence-electron chi connectivity index (χ1n) is 5.73. The second kappa shape index (κ2) is 5.83. The SMILES string of the molecule is O=C(N[C@@H](Cc1ccc(O)cc1)C(=O)O)c1cn[nH]n1. The molecule has 0 saturated carbocycles. The molecule has 1 atom stereocenters. The van der Waals surface area contributed by atoms with E-state index in [4.69, 9.17) is 10.2 Å². The highest BCUT2D eigenvalue weighted by molar-refractivity contribution is 5.94. The Balaban J connectivity index is 2.06. The van der Waals surface area contributed by atoms with Crippen molar-refractivity contribution < 1.29 is 19.8 Å². The zero-order chi connectivity index (χ0) is 14.5. The molecule has 8 nitrogen and oxygen atoms in total. The van der Waals surface area contributed by atoms with E-state index in [1.807, 2.05) is 0 Å². The van der Waals surface area contributed by atoms with E-state index >= 15 is 0 Å². The normalized spacial score (nSPS) is 11.8. The highest BCUT2D eigenvalue weighted by atomic mass is 16.4. The molecule has 0 bridgehead atoms. The van der Waals surface area contributed by atoms with Crippen LogP contribution < -0.4 is 5.32 Å². The predicted octanol–water partition coefficient (Wildman–Crippen LogP) is -0.0640. The van der Waals surface area contributed by atoms with Gasteiger partial charge in [-0.1, -0.05) is 12.1 Å². The largest absolute Gasteiger partial charge is 0.508 e. The third-order valence-electron chi connectivity index (χ3n) is 2.63. The van der Waals surface area contributed by atoms with E-state index in [0.717, 1.165) is 0 Å². The van der Waals surface area contributed by atoms with Crippen LogP contribution in [0.3, 0.4) is 0 Å². The summed E-state index contributed by atoms with van der Waals surface area (Å²) in [6.45, 7) is 0. The highest BCUT2D eigenvalue weighted by Crippen LogP contribution is 2.11. The number of aliphatic carboxylic acids is 1. The van der Waals surface area contributed by atoms with Gasteiger partial charge in [0.1, 0.15) is 11.8 Å². The lowest BCUT2D eigenvalue weighted by Crippen LogP contribution is -2.42. The maximum absolute atomic E-state index is 11.7. The van der Waals surface area contributed by atoms with Gasteiger partial charge < -0.3 is 15.5 Å². The summed E-state index contributed by atoms with van der Waals surface area (Å²) in [5.74, 6) is -1.69. The molecule has 1 aromatic heterocycles. The van der Waals surface area contributed by atoms with Gasteiger partial charge in [0.05, 0.1) is 6.20 Å². The fraction of sp³-hybridized carbons (Fsp3) is 0.167. The molecule has 1 amide bonds. The summed E-state index contributed by atoms with van der Waals surface area (Å²) < 4.78 is 0. The van der Waals surface area contributed by atoms with Crippen LogP contribution in [0.15, 0.2) is 30.5 Å². The highest BCUT2D eigenvalue weighted by Gasteiger charge is 2.22.